The van der Waals surface area contributed by atoms with Crippen molar-refractivity contribution in [2.45, 2.75) is 31.4 Å². The summed E-state index contributed by atoms with van der Waals surface area (Å²) in [6, 6.07) is 4.65. The first kappa shape index (κ1) is 29.7. The highest BCUT2D eigenvalue weighted by Gasteiger charge is 2.43. The van der Waals surface area contributed by atoms with E-state index in [1.807, 2.05) is 30.9 Å². The van der Waals surface area contributed by atoms with Crippen LogP contribution >= 0.6 is 0 Å². The number of nitrogens with one attached hydrogen (secondary N) is 1. The number of hydrogen-bond acceptors (Lipinski definition) is 7. The number of hydrogen-bond donors (Lipinski definition) is 1. The van der Waals surface area contributed by atoms with Gasteiger partial charge in [0.2, 0.25) is 5.95 Å². The van der Waals surface area contributed by atoms with Crippen LogP contribution in [0.1, 0.15) is 16.8 Å². The lowest BCUT2D eigenvalue weighted by Crippen LogP contribution is -2.50. The number of likely N-dealkylation sites (N-methyl/N-ethyl adjacent to an activating group) is 3. The van der Waals surface area contributed by atoms with Crippen molar-refractivity contribution in [3.8, 4) is 0 Å². The molecule has 0 saturated heterocycles. The van der Waals surface area contributed by atoms with Crippen LogP contribution in [-0.4, -0.2) is 91.4 Å². The van der Waals surface area contributed by atoms with Gasteiger partial charge < -0.3 is 20.0 Å². The fraction of sp³-hybridized carbons (Fsp3) is 0.481. The smallest absolute Gasteiger partial charge is 0.361 e. The van der Waals surface area contributed by atoms with E-state index in [0.717, 1.165) is 30.3 Å². The van der Waals surface area contributed by atoms with Gasteiger partial charge in [0, 0.05) is 64.1 Å². The lowest BCUT2D eigenvalue weighted by molar-refractivity contribution is -0.137. The SMILES string of the molecule is CN(C)CCN(C)c1nc2c(c(Nc3ccc(C(F)(F)F)cc3)n1)CCN(C1C(C(F)(F)F)=CC=CN1C)CC2. The highest BCUT2D eigenvalue weighted by atomic mass is 19.4. The van der Waals surface area contributed by atoms with E-state index < -0.39 is 29.7 Å². The molecular weight excluding hydrogens is 536 g/mol. The van der Waals surface area contributed by atoms with E-state index in [0.29, 0.717) is 55.6 Å². The van der Waals surface area contributed by atoms with Gasteiger partial charge in [-0.3, -0.25) is 4.90 Å². The molecule has 3 heterocycles. The fourth-order valence-corrected chi connectivity index (χ4v) is 4.82. The highest BCUT2D eigenvalue weighted by molar-refractivity contribution is 5.62. The number of halogens is 6. The van der Waals surface area contributed by atoms with Crippen molar-refractivity contribution in [3.63, 3.8) is 0 Å². The molecule has 0 fully saturated rings. The normalized spacial score (nSPS) is 18.4. The largest absolute Gasteiger partial charge is 0.416 e. The van der Waals surface area contributed by atoms with Crippen LogP contribution in [0.5, 0.6) is 0 Å². The van der Waals surface area contributed by atoms with E-state index >= 15 is 0 Å². The second kappa shape index (κ2) is 11.7. The minimum Gasteiger partial charge on any atom is -0.361 e. The number of nitrogens with zero attached hydrogens (tertiary/aromatic N) is 6. The summed E-state index contributed by atoms with van der Waals surface area (Å²) in [5.74, 6) is 0.860. The van der Waals surface area contributed by atoms with E-state index in [1.54, 1.807) is 23.0 Å². The number of fused-ring (bicyclic) bond motifs is 1. The Kier molecular flexibility index (Phi) is 8.64. The third kappa shape index (κ3) is 6.87. The van der Waals surface area contributed by atoms with Gasteiger partial charge >= 0.3 is 12.4 Å². The van der Waals surface area contributed by atoms with Crippen molar-refractivity contribution in [1.82, 2.24) is 24.7 Å². The fourth-order valence-electron chi connectivity index (χ4n) is 4.82. The van der Waals surface area contributed by atoms with Gasteiger partial charge in [0.15, 0.2) is 0 Å². The van der Waals surface area contributed by atoms with Gasteiger partial charge in [0.05, 0.1) is 16.8 Å². The average Bonchev–Trinajstić information content (AvgIpc) is 3.09. The van der Waals surface area contributed by atoms with Gasteiger partial charge in [-0.1, -0.05) is 0 Å². The Morgan fingerprint density at radius 3 is 2.23 bits per heavy atom. The molecule has 0 aliphatic carbocycles. The van der Waals surface area contributed by atoms with Crippen molar-refractivity contribution in [1.29, 1.82) is 0 Å². The van der Waals surface area contributed by atoms with Crippen LogP contribution in [0.2, 0.25) is 0 Å². The van der Waals surface area contributed by atoms with Crippen molar-refractivity contribution in [2.75, 3.05) is 64.6 Å². The quantitative estimate of drug-likeness (QED) is 0.476. The van der Waals surface area contributed by atoms with Crippen LogP contribution in [0.15, 0.2) is 48.2 Å². The van der Waals surface area contributed by atoms with E-state index in [9.17, 15) is 26.3 Å². The lowest BCUT2D eigenvalue weighted by Gasteiger charge is -2.40. The maximum absolute atomic E-state index is 13.9. The summed E-state index contributed by atoms with van der Waals surface area (Å²) in [7, 11) is 7.35. The molecule has 2 aromatic rings. The predicted octanol–water partition coefficient (Wildman–Crippen LogP) is 4.91. The number of alkyl halides is 6. The number of rotatable bonds is 7. The Morgan fingerprint density at radius 1 is 0.925 bits per heavy atom. The van der Waals surface area contributed by atoms with Crippen LogP contribution in [0.25, 0.3) is 0 Å². The molecule has 4 rings (SSSR count). The van der Waals surface area contributed by atoms with Crippen LogP contribution in [-0.2, 0) is 19.0 Å². The third-order valence-electron chi connectivity index (χ3n) is 7.00. The first-order chi connectivity index (χ1) is 18.7. The molecule has 13 heteroatoms. The summed E-state index contributed by atoms with van der Waals surface area (Å²) >= 11 is 0. The first-order valence-corrected chi connectivity index (χ1v) is 12.9. The first-order valence-electron chi connectivity index (χ1n) is 12.9. The summed E-state index contributed by atoms with van der Waals surface area (Å²) < 4.78 is 80.9. The Balaban J connectivity index is 1.66. The topological polar surface area (TPSA) is 50.8 Å². The van der Waals surface area contributed by atoms with Gasteiger partial charge in [-0.25, -0.2) is 4.98 Å². The molecule has 1 unspecified atom stereocenters. The van der Waals surface area contributed by atoms with Crippen LogP contribution < -0.4 is 10.2 Å². The highest BCUT2D eigenvalue weighted by Crippen LogP contribution is 2.36. The number of aromatic nitrogens is 2. The zero-order valence-electron chi connectivity index (χ0n) is 22.8. The molecule has 218 valence electrons. The zero-order valence-corrected chi connectivity index (χ0v) is 22.8. The van der Waals surface area contributed by atoms with Crippen molar-refractivity contribution >= 4 is 17.5 Å². The third-order valence-corrected chi connectivity index (χ3v) is 7.00. The molecule has 1 aromatic carbocycles. The number of anilines is 3. The molecule has 0 saturated carbocycles. The van der Waals surface area contributed by atoms with Crippen molar-refractivity contribution < 1.29 is 26.3 Å². The van der Waals surface area contributed by atoms with E-state index in [2.05, 4.69) is 5.32 Å². The van der Waals surface area contributed by atoms with Crippen molar-refractivity contribution in [2.24, 2.45) is 0 Å². The minimum atomic E-state index is -4.49. The summed E-state index contributed by atoms with van der Waals surface area (Å²) in [6.07, 6.45) is -5.07. The average molecular weight is 570 g/mol. The van der Waals surface area contributed by atoms with Crippen LogP contribution in [0.3, 0.4) is 0 Å². The van der Waals surface area contributed by atoms with Gasteiger partial charge in [-0.05, 0) is 56.9 Å². The Morgan fingerprint density at radius 2 is 1.60 bits per heavy atom. The lowest BCUT2D eigenvalue weighted by atomic mass is 10.1. The van der Waals surface area contributed by atoms with Crippen molar-refractivity contribution in [3.05, 3.63) is 65.0 Å². The second-order valence-electron chi connectivity index (χ2n) is 10.3. The van der Waals surface area contributed by atoms with Gasteiger partial charge in [-0.15, -0.1) is 0 Å². The minimum absolute atomic E-state index is 0.310. The monoisotopic (exact) mass is 569 g/mol. The molecule has 2 aliphatic rings. The molecule has 1 atom stereocenters. The predicted molar refractivity (Wildman–Crippen MR) is 142 cm³/mol. The standard InChI is InChI=1S/C27H33F6N7/c1-37(2)16-17-39(4)25-35-22-12-15-40(24-21(27(31,32)33)6-5-13-38(24)3)14-11-20(22)23(36-25)34-19-9-7-18(8-10-19)26(28,29)30/h5-10,13,24H,11-12,14-17H2,1-4H3,(H,34,35,36). The Bertz CT molecular complexity index is 1240. The molecule has 0 spiro atoms. The molecule has 0 radical (unpaired) electrons. The summed E-state index contributed by atoms with van der Waals surface area (Å²) in [4.78, 5) is 16.7. The second-order valence-corrected chi connectivity index (χ2v) is 10.3. The summed E-state index contributed by atoms with van der Waals surface area (Å²) in [5, 5.41) is 3.15. The summed E-state index contributed by atoms with van der Waals surface area (Å²) in [5.41, 5.74) is 0.445. The van der Waals surface area contributed by atoms with Gasteiger partial charge in [0.25, 0.3) is 0 Å². The molecule has 7 nitrogen and oxygen atoms in total. The van der Waals surface area contributed by atoms with E-state index in [4.69, 9.17) is 9.97 Å². The molecule has 0 amide bonds. The molecular formula is C27H33F6N7. The molecule has 0 bridgehead atoms. The van der Waals surface area contributed by atoms with Gasteiger partial charge in [-0.2, -0.15) is 31.3 Å². The molecule has 40 heavy (non-hydrogen) atoms. The number of allylic oxidation sites excluding steroid dienone is 2. The maximum Gasteiger partial charge on any atom is 0.416 e. The maximum atomic E-state index is 13.9. The Hall–Kier alpha value is -3.32. The zero-order chi connectivity index (χ0) is 29.2. The summed E-state index contributed by atoms with van der Waals surface area (Å²) in [6.45, 7) is 2.00. The number of benzene rings is 1. The van der Waals surface area contributed by atoms with E-state index in [-0.39, 0.29) is 0 Å². The molecule has 2 aliphatic heterocycles. The van der Waals surface area contributed by atoms with Gasteiger partial charge in [0.1, 0.15) is 12.0 Å². The molecule has 1 aromatic heterocycles. The molecule has 1 N–H and O–H groups in total. The van der Waals surface area contributed by atoms with E-state index in [1.165, 1.54) is 18.2 Å². The van der Waals surface area contributed by atoms with Crippen LogP contribution in [0.4, 0.5) is 43.8 Å². The Labute approximate surface area is 229 Å². The van der Waals surface area contributed by atoms with Crippen LogP contribution in [0, 0.1) is 0 Å².